The number of rotatable bonds is 6. The smallest absolute Gasteiger partial charge is 0.366 e. The lowest BCUT2D eigenvalue weighted by Crippen LogP contribution is -2.06. The highest BCUT2D eigenvalue weighted by atomic mass is 17.2. The van der Waals surface area contributed by atoms with Crippen molar-refractivity contribution in [2.45, 2.75) is 6.54 Å². The molecule has 0 spiro atoms. The van der Waals surface area contributed by atoms with Crippen LogP contribution in [0.25, 0.3) is 16.0 Å². The summed E-state index contributed by atoms with van der Waals surface area (Å²) < 4.78 is 0. The van der Waals surface area contributed by atoms with Crippen molar-refractivity contribution < 1.29 is 14.6 Å². The van der Waals surface area contributed by atoms with Crippen LogP contribution >= 0.6 is 0 Å². The van der Waals surface area contributed by atoms with Crippen molar-refractivity contribution in [3.8, 4) is 11.1 Å². The van der Waals surface area contributed by atoms with E-state index in [1.165, 1.54) is 13.3 Å². The predicted octanol–water partition coefficient (Wildman–Crippen LogP) is 4.63. The van der Waals surface area contributed by atoms with E-state index < -0.39 is 5.97 Å². The van der Waals surface area contributed by atoms with Crippen LogP contribution in [0.2, 0.25) is 0 Å². The molecule has 6 nitrogen and oxygen atoms in total. The van der Waals surface area contributed by atoms with Crippen LogP contribution in [0.4, 0.5) is 11.5 Å². The van der Waals surface area contributed by atoms with E-state index in [1.807, 2.05) is 36.4 Å². The highest BCUT2D eigenvalue weighted by molar-refractivity contribution is 5.97. The van der Waals surface area contributed by atoms with Crippen LogP contribution in [0, 0.1) is 6.57 Å². The molecule has 2 aromatic carbocycles. The maximum absolute atomic E-state index is 12.0. The van der Waals surface area contributed by atoms with Crippen molar-refractivity contribution in [1.29, 1.82) is 0 Å². The Morgan fingerprint density at radius 1 is 1.11 bits per heavy atom. The molecule has 0 radical (unpaired) electrons. The first-order valence-electron chi connectivity index (χ1n) is 8.22. The SMILES string of the molecule is [C-]#[N+]c1ccc(NCc2ccc(-c3ccccc3C(=O)OOC)cc2)nc1. The Morgan fingerprint density at radius 2 is 1.89 bits per heavy atom. The Hall–Kier alpha value is -3.69. The third-order valence-electron chi connectivity index (χ3n) is 3.92. The summed E-state index contributed by atoms with van der Waals surface area (Å²) >= 11 is 0. The molecular formula is C21H17N3O3. The molecule has 0 atom stereocenters. The van der Waals surface area contributed by atoms with Gasteiger partial charge in [0, 0.05) is 12.7 Å². The molecule has 3 aromatic rings. The monoisotopic (exact) mass is 359 g/mol. The zero-order valence-corrected chi connectivity index (χ0v) is 14.7. The maximum atomic E-state index is 12.0. The van der Waals surface area contributed by atoms with Crippen molar-refractivity contribution in [2.75, 3.05) is 12.4 Å². The zero-order chi connectivity index (χ0) is 19.1. The van der Waals surface area contributed by atoms with E-state index in [1.54, 1.807) is 24.3 Å². The fraction of sp³-hybridized carbons (Fsp3) is 0.0952. The lowest BCUT2D eigenvalue weighted by Gasteiger charge is -2.10. The summed E-state index contributed by atoms with van der Waals surface area (Å²) in [5, 5.41) is 3.21. The largest absolute Gasteiger partial charge is 0.373 e. The fourth-order valence-electron chi connectivity index (χ4n) is 2.58. The number of hydrogen-bond donors (Lipinski definition) is 1. The van der Waals surface area contributed by atoms with Gasteiger partial charge in [0.2, 0.25) is 5.69 Å². The third-order valence-corrected chi connectivity index (χ3v) is 3.92. The summed E-state index contributed by atoms with van der Waals surface area (Å²) in [5.74, 6) is 0.173. The van der Waals surface area contributed by atoms with Crippen molar-refractivity contribution in [2.24, 2.45) is 0 Å². The van der Waals surface area contributed by atoms with Gasteiger partial charge in [0.1, 0.15) is 5.82 Å². The van der Waals surface area contributed by atoms with Crippen molar-refractivity contribution >= 4 is 17.5 Å². The van der Waals surface area contributed by atoms with E-state index in [0.29, 0.717) is 23.6 Å². The van der Waals surface area contributed by atoms with Crippen molar-refractivity contribution in [1.82, 2.24) is 4.98 Å². The van der Waals surface area contributed by atoms with Gasteiger partial charge in [-0.1, -0.05) is 48.5 Å². The van der Waals surface area contributed by atoms with Gasteiger partial charge in [0.25, 0.3) is 0 Å². The van der Waals surface area contributed by atoms with Gasteiger partial charge in [-0.3, -0.25) is 9.87 Å². The lowest BCUT2D eigenvalue weighted by molar-refractivity contribution is -0.216. The minimum Gasteiger partial charge on any atom is -0.366 e. The Kier molecular flexibility index (Phi) is 5.77. The second-order valence-electron chi connectivity index (χ2n) is 5.65. The molecular weight excluding hydrogens is 342 g/mol. The normalized spacial score (nSPS) is 10.1. The molecule has 0 saturated heterocycles. The molecule has 0 fully saturated rings. The molecule has 0 aliphatic rings. The van der Waals surface area contributed by atoms with E-state index in [9.17, 15) is 4.79 Å². The molecule has 0 aliphatic heterocycles. The van der Waals surface area contributed by atoms with E-state index >= 15 is 0 Å². The van der Waals surface area contributed by atoms with Gasteiger partial charge >= 0.3 is 5.97 Å². The minimum atomic E-state index is -0.534. The fourth-order valence-corrected chi connectivity index (χ4v) is 2.58. The highest BCUT2D eigenvalue weighted by Gasteiger charge is 2.14. The Morgan fingerprint density at radius 3 is 2.56 bits per heavy atom. The van der Waals surface area contributed by atoms with Gasteiger partial charge in [-0.15, -0.1) is 0 Å². The summed E-state index contributed by atoms with van der Waals surface area (Å²) in [5.41, 5.74) is 3.69. The van der Waals surface area contributed by atoms with Gasteiger partial charge in [0.15, 0.2) is 0 Å². The summed E-state index contributed by atoms with van der Waals surface area (Å²) in [6.07, 6.45) is 1.54. The van der Waals surface area contributed by atoms with Crippen LogP contribution in [-0.4, -0.2) is 18.1 Å². The molecule has 0 aliphatic carbocycles. The van der Waals surface area contributed by atoms with Crippen LogP contribution in [0.5, 0.6) is 0 Å². The van der Waals surface area contributed by atoms with Crippen molar-refractivity contribution in [3.05, 3.63) is 89.4 Å². The number of carbonyl (C=O) groups is 1. The number of pyridine rings is 1. The van der Waals surface area contributed by atoms with Crippen molar-refractivity contribution in [3.63, 3.8) is 0 Å². The molecule has 1 N–H and O–H groups in total. The Bertz CT molecular complexity index is 961. The molecule has 1 heterocycles. The third kappa shape index (κ3) is 4.48. The van der Waals surface area contributed by atoms with Gasteiger partial charge in [-0.2, -0.15) is 4.89 Å². The molecule has 1 aromatic heterocycles. The number of carbonyl (C=O) groups excluding carboxylic acids is 1. The van der Waals surface area contributed by atoms with E-state index in [2.05, 4.69) is 24.9 Å². The van der Waals surface area contributed by atoms with Crippen LogP contribution in [0.15, 0.2) is 66.9 Å². The Labute approximate surface area is 157 Å². The minimum absolute atomic E-state index is 0.439. The number of anilines is 1. The van der Waals surface area contributed by atoms with Crippen LogP contribution < -0.4 is 5.32 Å². The summed E-state index contributed by atoms with van der Waals surface area (Å²) in [4.78, 5) is 28.7. The first-order chi connectivity index (χ1) is 13.2. The van der Waals surface area contributed by atoms with Gasteiger partial charge in [-0.25, -0.2) is 9.64 Å². The Balaban J connectivity index is 1.72. The average Bonchev–Trinajstić information content (AvgIpc) is 2.73. The van der Waals surface area contributed by atoms with Gasteiger partial charge in [-0.05, 0) is 28.8 Å². The number of benzene rings is 2. The lowest BCUT2D eigenvalue weighted by atomic mass is 9.99. The molecule has 3 rings (SSSR count). The van der Waals surface area contributed by atoms with Crippen LogP contribution in [-0.2, 0) is 16.3 Å². The molecule has 134 valence electrons. The highest BCUT2D eigenvalue weighted by Crippen LogP contribution is 2.25. The predicted molar refractivity (Wildman–Crippen MR) is 102 cm³/mol. The molecule has 6 heteroatoms. The molecule has 27 heavy (non-hydrogen) atoms. The zero-order valence-electron chi connectivity index (χ0n) is 14.7. The van der Waals surface area contributed by atoms with E-state index in [-0.39, 0.29) is 0 Å². The van der Waals surface area contributed by atoms with Gasteiger partial charge in [0.05, 0.1) is 19.2 Å². The quantitative estimate of drug-likeness (QED) is 0.395. The molecule has 0 amide bonds. The number of nitrogens with one attached hydrogen (secondary N) is 1. The second-order valence-corrected chi connectivity index (χ2v) is 5.65. The standard InChI is InChI=1S/C21H17N3O3/c1-22-17-11-12-20(24-14-17)23-13-15-7-9-16(10-8-15)18-5-3-4-6-19(18)21(25)27-26-2/h3-12,14H,13H2,2H3,(H,23,24). The van der Waals surface area contributed by atoms with Crippen LogP contribution in [0.3, 0.4) is 0 Å². The number of aromatic nitrogens is 1. The summed E-state index contributed by atoms with van der Waals surface area (Å²) in [7, 11) is 1.30. The summed E-state index contributed by atoms with van der Waals surface area (Å²) in [6, 6.07) is 18.6. The maximum Gasteiger partial charge on any atom is 0.373 e. The van der Waals surface area contributed by atoms with Gasteiger partial charge < -0.3 is 5.32 Å². The van der Waals surface area contributed by atoms with E-state index in [4.69, 9.17) is 6.57 Å². The molecule has 0 unspecified atom stereocenters. The topological polar surface area (TPSA) is 64.8 Å². The molecule has 0 saturated carbocycles. The summed E-state index contributed by atoms with van der Waals surface area (Å²) in [6.45, 7) is 7.53. The average molecular weight is 359 g/mol. The first-order valence-corrected chi connectivity index (χ1v) is 8.22. The second kappa shape index (κ2) is 8.61. The molecule has 0 bridgehead atoms. The first kappa shape index (κ1) is 18.1. The number of nitrogens with zero attached hydrogens (tertiary/aromatic N) is 2. The van der Waals surface area contributed by atoms with E-state index in [0.717, 1.165) is 16.7 Å². The number of hydrogen-bond acceptors (Lipinski definition) is 5. The van der Waals surface area contributed by atoms with Crippen LogP contribution in [0.1, 0.15) is 15.9 Å².